The third-order valence-corrected chi connectivity index (χ3v) is 3.65. The van der Waals surface area contributed by atoms with E-state index in [1.54, 1.807) is 12.1 Å². The number of benzene rings is 1. The monoisotopic (exact) mass is 324 g/mol. The molecule has 0 fully saturated rings. The highest BCUT2D eigenvalue weighted by Crippen LogP contribution is 2.31. The number of aromatic nitrogens is 1. The van der Waals surface area contributed by atoms with Crippen LogP contribution in [0.5, 0.6) is 0 Å². The molecule has 0 saturated carbocycles. The number of hydrogen-bond acceptors (Lipinski definition) is 5. The van der Waals surface area contributed by atoms with E-state index in [1.807, 2.05) is 6.92 Å². The van der Waals surface area contributed by atoms with E-state index in [0.717, 1.165) is 5.56 Å². The summed E-state index contributed by atoms with van der Waals surface area (Å²) >= 11 is 6.08. The van der Waals surface area contributed by atoms with Gasteiger partial charge in [0.05, 0.1) is 31.0 Å². The normalized spacial score (nSPS) is 10.9. The fourth-order valence-electron chi connectivity index (χ4n) is 2.15. The molecule has 1 aromatic carbocycles. The second kappa shape index (κ2) is 7.40. The number of rotatable bonds is 7. The number of pyridine rings is 1. The Morgan fingerprint density at radius 1 is 1.41 bits per heavy atom. The SMILES string of the molecule is Cc1c(Cl)ccc2c(NCCOCCO)c(C(=O)O)cnc12. The molecule has 22 heavy (non-hydrogen) atoms. The van der Waals surface area contributed by atoms with Gasteiger partial charge in [-0.05, 0) is 24.6 Å². The van der Waals surface area contributed by atoms with Gasteiger partial charge in [-0.25, -0.2) is 4.79 Å². The first kappa shape index (κ1) is 16.5. The molecule has 0 saturated heterocycles. The first-order valence-corrected chi connectivity index (χ1v) is 7.17. The lowest BCUT2D eigenvalue weighted by atomic mass is 10.1. The van der Waals surface area contributed by atoms with Gasteiger partial charge in [-0.1, -0.05) is 11.6 Å². The van der Waals surface area contributed by atoms with Gasteiger partial charge >= 0.3 is 5.97 Å². The van der Waals surface area contributed by atoms with Gasteiger partial charge in [0.1, 0.15) is 5.56 Å². The van der Waals surface area contributed by atoms with Crippen molar-refractivity contribution in [3.63, 3.8) is 0 Å². The molecule has 0 radical (unpaired) electrons. The number of hydrogen-bond donors (Lipinski definition) is 3. The van der Waals surface area contributed by atoms with E-state index in [2.05, 4.69) is 10.3 Å². The number of aliphatic hydroxyl groups is 1. The summed E-state index contributed by atoms with van der Waals surface area (Å²) in [5, 5.41) is 22.3. The first-order valence-electron chi connectivity index (χ1n) is 6.80. The molecular weight excluding hydrogens is 308 g/mol. The number of carboxylic acids is 1. The number of nitrogens with one attached hydrogen (secondary N) is 1. The van der Waals surface area contributed by atoms with Crippen LogP contribution in [0.3, 0.4) is 0 Å². The van der Waals surface area contributed by atoms with E-state index < -0.39 is 5.97 Å². The molecule has 0 spiro atoms. The van der Waals surface area contributed by atoms with Gasteiger partial charge < -0.3 is 20.3 Å². The van der Waals surface area contributed by atoms with Crippen molar-refractivity contribution in [2.24, 2.45) is 0 Å². The number of nitrogens with zero attached hydrogens (tertiary/aromatic N) is 1. The van der Waals surface area contributed by atoms with E-state index in [9.17, 15) is 9.90 Å². The number of carboxylic acid groups (broad SMARTS) is 1. The third kappa shape index (κ3) is 3.47. The number of aromatic carboxylic acids is 1. The smallest absolute Gasteiger partial charge is 0.339 e. The Labute approximate surface area is 132 Å². The lowest BCUT2D eigenvalue weighted by Crippen LogP contribution is -2.14. The van der Waals surface area contributed by atoms with Gasteiger partial charge in [-0.15, -0.1) is 0 Å². The third-order valence-electron chi connectivity index (χ3n) is 3.24. The van der Waals surface area contributed by atoms with Crippen LogP contribution in [0.4, 0.5) is 5.69 Å². The standard InChI is InChI=1S/C15H17ClN2O4/c1-9-12(16)3-2-10-13(9)18-8-11(15(20)21)14(10)17-4-6-22-7-5-19/h2-3,8,19H,4-7H2,1H3,(H,17,18)(H,20,21). The Balaban J connectivity index is 2.37. The number of aliphatic hydroxyl groups excluding tert-OH is 1. The molecule has 0 unspecified atom stereocenters. The molecule has 2 rings (SSSR count). The maximum Gasteiger partial charge on any atom is 0.339 e. The highest BCUT2D eigenvalue weighted by atomic mass is 35.5. The molecule has 0 amide bonds. The molecule has 0 aliphatic carbocycles. The molecular formula is C15H17ClN2O4. The van der Waals surface area contributed by atoms with Crippen LogP contribution in [0.2, 0.25) is 5.02 Å². The summed E-state index contributed by atoms with van der Waals surface area (Å²) in [4.78, 5) is 15.6. The van der Waals surface area contributed by atoms with Gasteiger partial charge in [-0.3, -0.25) is 4.98 Å². The Hall–Kier alpha value is -1.89. The predicted octanol–water partition coefficient (Wildman–Crippen LogP) is 2.32. The molecule has 118 valence electrons. The molecule has 7 heteroatoms. The van der Waals surface area contributed by atoms with Gasteiger partial charge in [0.15, 0.2) is 0 Å². The van der Waals surface area contributed by atoms with Gasteiger partial charge in [0, 0.05) is 23.2 Å². The maximum atomic E-state index is 11.4. The second-order valence-corrected chi connectivity index (χ2v) is 5.09. The highest BCUT2D eigenvalue weighted by Gasteiger charge is 2.16. The van der Waals surface area contributed by atoms with Crippen molar-refractivity contribution < 1.29 is 19.7 Å². The minimum absolute atomic E-state index is 0.0454. The second-order valence-electron chi connectivity index (χ2n) is 4.68. The lowest BCUT2D eigenvalue weighted by Gasteiger charge is -2.14. The molecule has 0 bridgehead atoms. The number of anilines is 1. The van der Waals surface area contributed by atoms with Crippen LogP contribution >= 0.6 is 11.6 Å². The van der Waals surface area contributed by atoms with Crippen LogP contribution in [-0.4, -0.2) is 47.5 Å². The summed E-state index contributed by atoms with van der Waals surface area (Å²) in [6.45, 7) is 2.82. The van der Waals surface area contributed by atoms with E-state index in [4.69, 9.17) is 21.4 Å². The van der Waals surface area contributed by atoms with Crippen molar-refractivity contribution in [1.29, 1.82) is 0 Å². The molecule has 1 aromatic heterocycles. The van der Waals surface area contributed by atoms with Crippen molar-refractivity contribution in [2.75, 3.05) is 31.7 Å². The van der Waals surface area contributed by atoms with Crippen molar-refractivity contribution in [1.82, 2.24) is 4.98 Å². The van der Waals surface area contributed by atoms with E-state index in [-0.39, 0.29) is 18.8 Å². The number of aryl methyl sites for hydroxylation is 1. The van der Waals surface area contributed by atoms with Crippen LogP contribution in [0.1, 0.15) is 15.9 Å². The summed E-state index contributed by atoms with van der Waals surface area (Å²) in [6, 6.07) is 3.47. The van der Waals surface area contributed by atoms with Crippen LogP contribution in [0.15, 0.2) is 18.3 Å². The Morgan fingerprint density at radius 3 is 2.86 bits per heavy atom. The molecule has 0 atom stereocenters. The molecule has 0 aliphatic rings. The number of ether oxygens (including phenoxy) is 1. The summed E-state index contributed by atoms with van der Waals surface area (Å²) in [5.41, 5.74) is 2.05. The van der Waals surface area contributed by atoms with Crippen molar-refractivity contribution in [2.45, 2.75) is 6.92 Å². The summed E-state index contributed by atoms with van der Waals surface area (Å²) in [7, 11) is 0. The van der Waals surface area contributed by atoms with E-state index in [0.29, 0.717) is 34.8 Å². The van der Waals surface area contributed by atoms with E-state index >= 15 is 0 Å². The molecule has 6 nitrogen and oxygen atoms in total. The molecule has 2 aromatic rings. The average molecular weight is 325 g/mol. The number of halogens is 1. The summed E-state index contributed by atoms with van der Waals surface area (Å²) in [6.07, 6.45) is 1.32. The van der Waals surface area contributed by atoms with Crippen molar-refractivity contribution in [3.05, 3.63) is 34.5 Å². The first-order chi connectivity index (χ1) is 10.6. The predicted molar refractivity (Wildman–Crippen MR) is 84.8 cm³/mol. The Morgan fingerprint density at radius 2 is 2.18 bits per heavy atom. The van der Waals surface area contributed by atoms with Crippen LogP contribution in [0, 0.1) is 6.92 Å². The van der Waals surface area contributed by atoms with Crippen molar-refractivity contribution in [3.8, 4) is 0 Å². The highest BCUT2D eigenvalue weighted by molar-refractivity contribution is 6.32. The quantitative estimate of drug-likeness (QED) is 0.677. The van der Waals surface area contributed by atoms with Crippen LogP contribution in [0.25, 0.3) is 10.9 Å². The van der Waals surface area contributed by atoms with E-state index in [1.165, 1.54) is 6.20 Å². The maximum absolute atomic E-state index is 11.4. The minimum atomic E-state index is -1.05. The fourth-order valence-corrected chi connectivity index (χ4v) is 2.30. The molecule has 3 N–H and O–H groups in total. The molecule has 0 aliphatic heterocycles. The Bertz CT molecular complexity index is 691. The van der Waals surface area contributed by atoms with Gasteiger partial charge in [-0.2, -0.15) is 0 Å². The Kier molecular flexibility index (Phi) is 5.54. The largest absolute Gasteiger partial charge is 0.478 e. The summed E-state index contributed by atoms with van der Waals surface area (Å²) in [5.74, 6) is -1.05. The van der Waals surface area contributed by atoms with Gasteiger partial charge in [0.2, 0.25) is 0 Å². The average Bonchev–Trinajstić information content (AvgIpc) is 2.50. The fraction of sp³-hybridized carbons (Fsp3) is 0.333. The van der Waals surface area contributed by atoms with Crippen LogP contribution in [-0.2, 0) is 4.74 Å². The number of fused-ring (bicyclic) bond motifs is 1. The van der Waals surface area contributed by atoms with Crippen LogP contribution < -0.4 is 5.32 Å². The number of carbonyl (C=O) groups is 1. The lowest BCUT2D eigenvalue weighted by molar-refractivity contribution is 0.0697. The van der Waals surface area contributed by atoms with Gasteiger partial charge in [0.25, 0.3) is 0 Å². The topological polar surface area (TPSA) is 91.7 Å². The zero-order valence-corrected chi connectivity index (χ0v) is 12.9. The van der Waals surface area contributed by atoms with Crippen molar-refractivity contribution >= 4 is 34.2 Å². The zero-order chi connectivity index (χ0) is 16.1. The zero-order valence-electron chi connectivity index (χ0n) is 12.1. The minimum Gasteiger partial charge on any atom is -0.478 e. The summed E-state index contributed by atoms with van der Waals surface area (Å²) < 4.78 is 5.16. The molecule has 1 heterocycles.